The van der Waals surface area contributed by atoms with Crippen molar-refractivity contribution < 1.29 is 4.79 Å². The first kappa shape index (κ1) is 22.7. The molecule has 0 saturated carbocycles. The second kappa shape index (κ2) is 9.18. The highest BCUT2D eigenvalue weighted by atomic mass is 16.2. The van der Waals surface area contributed by atoms with Crippen LogP contribution in [0.5, 0.6) is 0 Å². The third-order valence-electron chi connectivity index (χ3n) is 5.40. The van der Waals surface area contributed by atoms with Gasteiger partial charge < -0.3 is 5.32 Å². The lowest BCUT2D eigenvalue weighted by molar-refractivity contribution is -0.121. The van der Waals surface area contributed by atoms with Gasteiger partial charge in [-0.25, -0.2) is 10.2 Å². The van der Waals surface area contributed by atoms with Crippen LogP contribution >= 0.6 is 0 Å². The Balaban J connectivity index is 1.70. The van der Waals surface area contributed by atoms with E-state index in [0.717, 1.165) is 26.9 Å². The van der Waals surface area contributed by atoms with Gasteiger partial charge in [-0.15, -0.1) is 0 Å². The van der Waals surface area contributed by atoms with Crippen LogP contribution in [0.4, 0.5) is 11.6 Å². The standard InChI is InChI=1S/C24H25N7O3/c1-15-8-10-17(11-9-15)13-25-28-19(32)14-31-20-21(29(3)24(34)30(4)22(20)33)27-23(31)26-18-7-5-6-16(2)12-18/h5-13H,14H2,1-4H3,(H,26,27)(H,28,32). The molecular formula is C24H25N7O3. The number of carbonyl (C=O) groups is 1. The van der Waals surface area contributed by atoms with Crippen LogP contribution in [-0.4, -0.2) is 30.8 Å². The number of benzene rings is 2. The summed E-state index contributed by atoms with van der Waals surface area (Å²) in [6.45, 7) is 3.71. The van der Waals surface area contributed by atoms with Crippen LogP contribution in [0, 0.1) is 13.8 Å². The van der Waals surface area contributed by atoms with Crippen LogP contribution in [0.1, 0.15) is 16.7 Å². The van der Waals surface area contributed by atoms with Gasteiger partial charge in [-0.1, -0.05) is 42.0 Å². The molecule has 0 unspecified atom stereocenters. The Morgan fingerprint density at radius 1 is 1.03 bits per heavy atom. The first-order valence-corrected chi connectivity index (χ1v) is 10.6. The molecule has 2 heterocycles. The number of amides is 1. The molecule has 34 heavy (non-hydrogen) atoms. The molecule has 10 nitrogen and oxygen atoms in total. The maximum Gasteiger partial charge on any atom is 0.332 e. The minimum Gasteiger partial charge on any atom is -0.326 e. The van der Waals surface area contributed by atoms with E-state index in [-0.39, 0.29) is 23.7 Å². The number of hydrogen-bond donors (Lipinski definition) is 2. The molecule has 0 spiro atoms. The number of hydrazone groups is 1. The molecule has 0 aliphatic carbocycles. The first-order chi connectivity index (χ1) is 16.2. The molecule has 0 fully saturated rings. The molecule has 10 heteroatoms. The summed E-state index contributed by atoms with van der Waals surface area (Å²) in [4.78, 5) is 42.6. The molecule has 2 aromatic carbocycles. The van der Waals surface area contributed by atoms with Gasteiger partial charge in [0.15, 0.2) is 11.2 Å². The Hall–Kier alpha value is -4.47. The molecule has 0 atom stereocenters. The van der Waals surface area contributed by atoms with E-state index in [9.17, 15) is 14.4 Å². The quantitative estimate of drug-likeness (QED) is 0.338. The third-order valence-corrected chi connectivity index (χ3v) is 5.40. The maximum absolute atomic E-state index is 12.9. The van der Waals surface area contributed by atoms with Crippen molar-refractivity contribution in [3.05, 3.63) is 86.1 Å². The van der Waals surface area contributed by atoms with Gasteiger partial charge in [-0.05, 0) is 37.1 Å². The van der Waals surface area contributed by atoms with Crippen LogP contribution in [-0.2, 0) is 25.4 Å². The lowest BCUT2D eigenvalue weighted by atomic mass is 10.2. The number of fused-ring (bicyclic) bond motifs is 1. The summed E-state index contributed by atoms with van der Waals surface area (Å²) in [6.07, 6.45) is 1.54. The SMILES string of the molecule is Cc1ccc(C=NNC(=O)Cn2c(Nc3cccc(C)c3)nc3c2c(=O)n(C)c(=O)n3C)cc1. The van der Waals surface area contributed by atoms with E-state index >= 15 is 0 Å². The van der Waals surface area contributed by atoms with Crippen molar-refractivity contribution in [3.63, 3.8) is 0 Å². The van der Waals surface area contributed by atoms with Gasteiger partial charge in [-0.3, -0.25) is 23.3 Å². The molecule has 0 aliphatic heterocycles. The fraction of sp³-hybridized carbons (Fsp3) is 0.208. The van der Waals surface area contributed by atoms with Crippen molar-refractivity contribution in [1.29, 1.82) is 0 Å². The van der Waals surface area contributed by atoms with E-state index in [1.807, 2.05) is 62.4 Å². The monoisotopic (exact) mass is 459 g/mol. The molecule has 2 aromatic heterocycles. The van der Waals surface area contributed by atoms with E-state index < -0.39 is 17.2 Å². The highest BCUT2D eigenvalue weighted by Crippen LogP contribution is 2.21. The summed E-state index contributed by atoms with van der Waals surface area (Å²) in [5.74, 6) is -0.192. The van der Waals surface area contributed by atoms with Crippen molar-refractivity contribution in [2.75, 3.05) is 5.32 Å². The largest absolute Gasteiger partial charge is 0.332 e. The van der Waals surface area contributed by atoms with Crippen LogP contribution in [0.2, 0.25) is 0 Å². The van der Waals surface area contributed by atoms with Gasteiger partial charge in [0.2, 0.25) is 5.95 Å². The molecule has 0 saturated heterocycles. The Bertz CT molecular complexity index is 1530. The Morgan fingerprint density at radius 2 is 1.76 bits per heavy atom. The zero-order chi connectivity index (χ0) is 24.4. The Morgan fingerprint density at radius 3 is 2.47 bits per heavy atom. The predicted octanol–water partition coefficient (Wildman–Crippen LogP) is 1.94. The molecule has 0 aliphatic rings. The fourth-order valence-electron chi connectivity index (χ4n) is 3.56. The number of aryl methyl sites for hydroxylation is 3. The second-order valence-electron chi connectivity index (χ2n) is 8.10. The van der Waals surface area contributed by atoms with E-state index in [1.54, 1.807) is 0 Å². The van der Waals surface area contributed by atoms with Gasteiger partial charge >= 0.3 is 5.69 Å². The summed E-state index contributed by atoms with van der Waals surface area (Å²) >= 11 is 0. The van der Waals surface area contributed by atoms with Crippen molar-refractivity contribution in [1.82, 2.24) is 24.1 Å². The fourth-order valence-corrected chi connectivity index (χ4v) is 3.56. The summed E-state index contributed by atoms with van der Waals surface area (Å²) in [5, 5.41) is 7.17. The van der Waals surface area contributed by atoms with Crippen molar-refractivity contribution in [3.8, 4) is 0 Å². The van der Waals surface area contributed by atoms with Gasteiger partial charge in [-0.2, -0.15) is 10.1 Å². The van der Waals surface area contributed by atoms with Crippen LogP contribution < -0.4 is 22.0 Å². The summed E-state index contributed by atoms with van der Waals surface area (Å²) < 4.78 is 3.72. The zero-order valence-electron chi connectivity index (χ0n) is 19.4. The van der Waals surface area contributed by atoms with E-state index in [0.29, 0.717) is 0 Å². The van der Waals surface area contributed by atoms with Crippen LogP contribution in [0.15, 0.2) is 63.2 Å². The number of imidazole rings is 1. The Kier molecular flexibility index (Phi) is 6.13. The Labute approximate surface area is 195 Å². The number of hydrogen-bond acceptors (Lipinski definition) is 6. The molecular weight excluding hydrogens is 434 g/mol. The van der Waals surface area contributed by atoms with Crippen molar-refractivity contribution >= 4 is 34.9 Å². The van der Waals surface area contributed by atoms with E-state index in [2.05, 4.69) is 20.8 Å². The number of anilines is 2. The zero-order valence-corrected chi connectivity index (χ0v) is 19.4. The van der Waals surface area contributed by atoms with Gasteiger partial charge in [0, 0.05) is 19.8 Å². The second-order valence-corrected chi connectivity index (χ2v) is 8.10. The summed E-state index contributed by atoms with van der Waals surface area (Å²) in [6, 6.07) is 15.3. The number of carbonyl (C=O) groups excluding carboxylic acids is 1. The summed E-state index contributed by atoms with van der Waals surface area (Å²) in [7, 11) is 2.92. The number of nitrogens with zero attached hydrogens (tertiary/aromatic N) is 5. The van der Waals surface area contributed by atoms with E-state index in [1.165, 1.54) is 29.4 Å². The van der Waals surface area contributed by atoms with Crippen molar-refractivity contribution in [2.24, 2.45) is 19.2 Å². The van der Waals surface area contributed by atoms with Gasteiger partial charge in [0.1, 0.15) is 6.54 Å². The normalized spacial score (nSPS) is 11.3. The molecule has 0 bridgehead atoms. The highest BCUT2D eigenvalue weighted by molar-refractivity contribution is 5.84. The average Bonchev–Trinajstić information content (AvgIpc) is 3.15. The van der Waals surface area contributed by atoms with Crippen LogP contribution in [0.25, 0.3) is 11.2 Å². The molecule has 174 valence electrons. The smallest absolute Gasteiger partial charge is 0.326 e. The summed E-state index contributed by atoms with van der Waals surface area (Å²) in [5.41, 5.74) is 5.48. The maximum atomic E-state index is 12.9. The third kappa shape index (κ3) is 4.51. The molecule has 0 radical (unpaired) electrons. The van der Waals surface area contributed by atoms with Gasteiger partial charge in [0.05, 0.1) is 6.21 Å². The van der Waals surface area contributed by atoms with Crippen molar-refractivity contribution in [2.45, 2.75) is 20.4 Å². The lowest BCUT2D eigenvalue weighted by Crippen LogP contribution is -2.38. The van der Waals surface area contributed by atoms with Crippen LogP contribution in [0.3, 0.4) is 0 Å². The molecule has 2 N–H and O–H groups in total. The minimum absolute atomic E-state index is 0.136. The average molecular weight is 460 g/mol. The number of rotatable bonds is 6. The predicted molar refractivity (Wildman–Crippen MR) is 132 cm³/mol. The van der Waals surface area contributed by atoms with E-state index in [4.69, 9.17) is 0 Å². The minimum atomic E-state index is -0.543. The highest BCUT2D eigenvalue weighted by Gasteiger charge is 2.21. The lowest BCUT2D eigenvalue weighted by Gasteiger charge is -2.10. The molecule has 4 aromatic rings. The molecule has 1 amide bonds. The van der Waals surface area contributed by atoms with Gasteiger partial charge in [0.25, 0.3) is 11.5 Å². The molecule has 4 rings (SSSR count). The topological polar surface area (TPSA) is 115 Å². The number of aromatic nitrogens is 4. The number of nitrogens with one attached hydrogen (secondary N) is 2. The first-order valence-electron chi connectivity index (χ1n) is 10.6.